The number of carboxylic acids is 1. The van der Waals surface area contributed by atoms with Crippen molar-refractivity contribution >= 4 is 17.4 Å². The molecule has 0 fully saturated rings. The molecule has 7 nitrogen and oxygen atoms in total. The van der Waals surface area contributed by atoms with Crippen molar-refractivity contribution in [3.63, 3.8) is 0 Å². The van der Waals surface area contributed by atoms with Gasteiger partial charge in [0.2, 0.25) is 0 Å². The first-order valence-corrected chi connectivity index (χ1v) is 5.03. The second kappa shape index (κ2) is 4.79. The van der Waals surface area contributed by atoms with Crippen LogP contribution in [0, 0.1) is 0 Å². The first kappa shape index (κ1) is 11.3. The fourth-order valence-electron chi connectivity index (χ4n) is 1.36. The van der Waals surface area contributed by atoms with Gasteiger partial charge in [-0.15, -0.1) is 5.10 Å². The Bertz CT molecular complexity index is 537. The molecule has 2 heterocycles. The number of aromatic nitrogens is 3. The highest BCUT2D eigenvalue weighted by molar-refractivity contribution is 5.86. The molecule has 7 heteroatoms. The normalized spacial score (nSPS) is 10.6. The molecule has 2 aromatic heterocycles. The van der Waals surface area contributed by atoms with Gasteiger partial charge >= 0.3 is 5.97 Å². The second-order valence-electron chi connectivity index (χ2n) is 3.37. The van der Waals surface area contributed by atoms with Crippen LogP contribution in [0.15, 0.2) is 18.3 Å². The molecule has 0 radical (unpaired) electrons. The summed E-state index contributed by atoms with van der Waals surface area (Å²) >= 11 is 0. The van der Waals surface area contributed by atoms with Crippen LogP contribution in [0.3, 0.4) is 0 Å². The van der Waals surface area contributed by atoms with Gasteiger partial charge in [0.15, 0.2) is 11.3 Å². The average molecular weight is 236 g/mol. The molecule has 17 heavy (non-hydrogen) atoms. The van der Waals surface area contributed by atoms with Crippen LogP contribution in [0.4, 0.5) is 5.82 Å². The molecule has 0 aliphatic carbocycles. The Morgan fingerprint density at radius 2 is 2.41 bits per heavy atom. The van der Waals surface area contributed by atoms with Crippen LogP contribution in [0.5, 0.6) is 0 Å². The van der Waals surface area contributed by atoms with Gasteiger partial charge in [-0.2, -0.15) is 0 Å². The molecule has 0 amide bonds. The van der Waals surface area contributed by atoms with E-state index in [2.05, 4.69) is 15.4 Å². The summed E-state index contributed by atoms with van der Waals surface area (Å²) in [4.78, 5) is 14.6. The molecule has 0 spiro atoms. The standard InChI is InChI=1S/C10H12N4O3/c1-17-5-4-11-8-2-3-9-12-7(10(15)16)6-14(9)13-8/h2-3,6H,4-5H2,1H3,(H,11,13)(H,15,16). The Labute approximate surface area is 97.0 Å². The van der Waals surface area contributed by atoms with E-state index in [4.69, 9.17) is 9.84 Å². The number of aromatic carboxylic acids is 1. The van der Waals surface area contributed by atoms with Gasteiger partial charge in [0.25, 0.3) is 0 Å². The Morgan fingerprint density at radius 3 is 3.12 bits per heavy atom. The van der Waals surface area contributed by atoms with Gasteiger partial charge in [-0.05, 0) is 12.1 Å². The quantitative estimate of drug-likeness (QED) is 0.734. The van der Waals surface area contributed by atoms with E-state index in [-0.39, 0.29) is 5.69 Å². The van der Waals surface area contributed by atoms with E-state index in [1.165, 1.54) is 10.7 Å². The summed E-state index contributed by atoms with van der Waals surface area (Å²) in [6.07, 6.45) is 1.37. The van der Waals surface area contributed by atoms with Crippen LogP contribution in [0.25, 0.3) is 5.65 Å². The summed E-state index contributed by atoms with van der Waals surface area (Å²) in [7, 11) is 1.62. The fraction of sp³-hybridized carbons (Fsp3) is 0.300. The smallest absolute Gasteiger partial charge is 0.356 e. The van der Waals surface area contributed by atoms with Crippen molar-refractivity contribution in [1.82, 2.24) is 14.6 Å². The van der Waals surface area contributed by atoms with E-state index < -0.39 is 5.97 Å². The predicted molar refractivity (Wildman–Crippen MR) is 60.3 cm³/mol. The van der Waals surface area contributed by atoms with E-state index in [1.54, 1.807) is 19.2 Å². The summed E-state index contributed by atoms with van der Waals surface area (Å²) in [5.41, 5.74) is 0.478. The molecule has 2 rings (SSSR count). The van der Waals surface area contributed by atoms with Gasteiger partial charge in [-0.3, -0.25) is 0 Å². The van der Waals surface area contributed by atoms with Gasteiger partial charge in [0, 0.05) is 13.7 Å². The average Bonchev–Trinajstić information content (AvgIpc) is 2.72. The fourth-order valence-corrected chi connectivity index (χ4v) is 1.36. The molecule has 0 aromatic carbocycles. The van der Waals surface area contributed by atoms with Crippen LogP contribution in [-0.4, -0.2) is 45.9 Å². The van der Waals surface area contributed by atoms with E-state index in [0.29, 0.717) is 24.6 Å². The minimum absolute atomic E-state index is 0.0217. The van der Waals surface area contributed by atoms with E-state index in [0.717, 1.165) is 0 Å². The van der Waals surface area contributed by atoms with Crippen molar-refractivity contribution in [3.8, 4) is 0 Å². The first-order valence-electron chi connectivity index (χ1n) is 5.03. The molecule has 2 aromatic rings. The first-order chi connectivity index (χ1) is 8.20. The number of hydrogen-bond donors (Lipinski definition) is 2. The molecule has 0 bridgehead atoms. The molecular weight excluding hydrogens is 224 g/mol. The van der Waals surface area contributed by atoms with Crippen LogP contribution in [-0.2, 0) is 4.74 Å². The van der Waals surface area contributed by atoms with E-state index in [9.17, 15) is 4.79 Å². The topological polar surface area (TPSA) is 88.8 Å². The summed E-state index contributed by atoms with van der Waals surface area (Å²) in [5.74, 6) is -0.423. The summed E-state index contributed by atoms with van der Waals surface area (Å²) < 4.78 is 6.33. The summed E-state index contributed by atoms with van der Waals surface area (Å²) in [6.45, 7) is 1.21. The van der Waals surface area contributed by atoms with Crippen molar-refractivity contribution in [2.24, 2.45) is 0 Å². The van der Waals surface area contributed by atoms with Crippen molar-refractivity contribution in [2.45, 2.75) is 0 Å². The lowest BCUT2D eigenvalue weighted by molar-refractivity contribution is 0.0691. The third-order valence-corrected chi connectivity index (χ3v) is 2.15. The summed E-state index contributed by atoms with van der Waals surface area (Å²) in [5, 5.41) is 16.0. The minimum atomic E-state index is -1.07. The zero-order valence-corrected chi connectivity index (χ0v) is 9.25. The molecule has 0 atom stereocenters. The van der Waals surface area contributed by atoms with Crippen LogP contribution in [0.2, 0.25) is 0 Å². The number of fused-ring (bicyclic) bond motifs is 1. The van der Waals surface area contributed by atoms with Gasteiger partial charge in [-0.25, -0.2) is 14.3 Å². The number of nitrogens with zero attached hydrogens (tertiary/aromatic N) is 3. The van der Waals surface area contributed by atoms with Gasteiger partial charge < -0.3 is 15.2 Å². The highest BCUT2D eigenvalue weighted by Crippen LogP contribution is 2.07. The Hall–Kier alpha value is -2.15. The lowest BCUT2D eigenvalue weighted by Gasteiger charge is -2.04. The lowest BCUT2D eigenvalue weighted by atomic mass is 10.5. The number of carboxylic acid groups (broad SMARTS) is 1. The van der Waals surface area contributed by atoms with Crippen molar-refractivity contribution < 1.29 is 14.6 Å². The Balaban J connectivity index is 2.21. The van der Waals surface area contributed by atoms with Crippen molar-refractivity contribution in [1.29, 1.82) is 0 Å². The number of hydrogen-bond acceptors (Lipinski definition) is 5. The maximum Gasteiger partial charge on any atom is 0.356 e. The lowest BCUT2D eigenvalue weighted by Crippen LogP contribution is -2.09. The molecule has 90 valence electrons. The molecular formula is C10H12N4O3. The maximum absolute atomic E-state index is 10.7. The van der Waals surface area contributed by atoms with Crippen molar-refractivity contribution in [2.75, 3.05) is 25.6 Å². The van der Waals surface area contributed by atoms with Crippen LogP contribution < -0.4 is 5.32 Å². The number of anilines is 1. The molecule has 0 aliphatic rings. The molecule has 0 unspecified atom stereocenters. The van der Waals surface area contributed by atoms with E-state index in [1.807, 2.05) is 0 Å². The number of imidazole rings is 1. The maximum atomic E-state index is 10.7. The molecule has 2 N–H and O–H groups in total. The predicted octanol–water partition coefficient (Wildman–Crippen LogP) is 0.486. The highest BCUT2D eigenvalue weighted by atomic mass is 16.5. The number of ether oxygens (including phenoxy) is 1. The zero-order chi connectivity index (χ0) is 12.3. The number of rotatable bonds is 5. The van der Waals surface area contributed by atoms with Crippen molar-refractivity contribution in [3.05, 3.63) is 24.0 Å². The van der Waals surface area contributed by atoms with Gasteiger partial charge in [0.05, 0.1) is 12.8 Å². The summed E-state index contributed by atoms with van der Waals surface area (Å²) in [6, 6.07) is 3.44. The number of carbonyl (C=O) groups is 1. The molecule has 0 saturated carbocycles. The highest BCUT2D eigenvalue weighted by Gasteiger charge is 2.09. The Morgan fingerprint density at radius 1 is 1.59 bits per heavy atom. The van der Waals surface area contributed by atoms with Crippen LogP contribution >= 0.6 is 0 Å². The van der Waals surface area contributed by atoms with Gasteiger partial charge in [0.1, 0.15) is 5.82 Å². The molecule has 0 saturated heterocycles. The SMILES string of the molecule is COCCNc1ccc2nc(C(=O)O)cn2n1. The largest absolute Gasteiger partial charge is 0.476 e. The van der Waals surface area contributed by atoms with Crippen LogP contribution in [0.1, 0.15) is 10.5 Å². The molecule has 0 aliphatic heterocycles. The second-order valence-corrected chi connectivity index (χ2v) is 3.37. The third-order valence-electron chi connectivity index (χ3n) is 2.15. The zero-order valence-electron chi connectivity index (χ0n) is 9.25. The number of methoxy groups -OCH3 is 1. The van der Waals surface area contributed by atoms with E-state index >= 15 is 0 Å². The third kappa shape index (κ3) is 2.51. The van der Waals surface area contributed by atoms with Gasteiger partial charge in [-0.1, -0.05) is 0 Å². The monoisotopic (exact) mass is 236 g/mol. The number of nitrogens with one attached hydrogen (secondary N) is 1. The Kier molecular flexibility index (Phi) is 3.20. The minimum Gasteiger partial charge on any atom is -0.476 e.